The molecule has 7 heteroatoms. The Morgan fingerprint density at radius 3 is 3.00 bits per heavy atom. The zero-order chi connectivity index (χ0) is 8.32. The summed E-state index contributed by atoms with van der Waals surface area (Å²) in [5.41, 5.74) is 0. The first kappa shape index (κ1) is 9.45. The zero-order valence-corrected chi connectivity index (χ0v) is 7.51. The van der Waals surface area contributed by atoms with Crippen LogP contribution in [0.3, 0.4) is 0 Å². The molecule has 0 aromatic carbocycles. The van der Waals surface area contributed by atoms with Crippen LogP contribution in [0.25, 0.3) is 0 Å². The first-order valence-corrected chi connectivity index (χ1v) is 4.96. The normalized spacial score (nSPS) is 38.9. The van der Waals surface area contributed by atoms with Crippen LogP contribution in [-0.2, 0) is 23.2 Å². The van der Waals surface area contributed by atoms with Gasteiger partial charge in [0.1, 0.15) is 12.2 Å². The van der Waals surface area contributed by atoms with Gasteiger partial charge in [0.05, 0.1) is 6.61 Å². The lowest BCUT2D eigenvalue weighted by Crippen LogP contribution is -2.21. The molecule has 1 aliphatic heterocycles. The molecule has 11 heavy (non-hydrogen) atoms. The van der Waals surface area contributed by atoms with Crippen LogP contribution in [0.5, 0.6) is 0 Å². The highest BCUT2D eigenvalue weighted by molar-refractivity contribution is 7.48. The fourth-order valence-electron chi connectivity index (χ4n) is 0.490. The van der Waals surface area contributed by atoms with Gasteiger partial charge in [0, 0.05) is 0 Å². The molecule has 1 rings (SSSR count). The molecule has 0 aromatic heterocycles. The maximum Gasteiger partial charge on any atom is 0.503 e. The molecule has 1 heterocycles. The topological polar surface area (TPSA) is 54.0 Å². The minimum atomic E-state index is -3.50. The van der Waals surface area contributed by atoms with Crippen molar-refractivity contribution in [2.45, 2.75) is 13.0 Å². The van der Waals surface area contributed by atoms with E-state index in [9.17, 15) is 4.57 Å². The van der Waals surface area contributed by atoms with Crippen LogP contribution in [0.2, 0.25) is 0 Å². The first-order valence-electron chi connectivity index (χ1n) is 2.96. The van der Waals surface area contributed by atoms with E-state index in [0.29, 0.717) is 0 Å². The van der Waals surface area contributed by atoms with Crippen molar-refractivity contribution < 1.29 is 23.2 Å². The summed E-state index contributed by atoms with van der Waals surface area (Å²) in [6, 6.07) is -0.255. The Balaban J connectivity index is 2.42. The van der Waals surface area contributed by atoms with E-state index in [4.69, 9.17) is 16.1 Å². The Hall–Kier alpha value is 0.360. The van der Waals surface area contributed by atoms with Crippen molar-refractivity contribution in [1.29, 1.82) is 0 Å². The second-order valence-electron chi connectivity index (χ2n) is 1.96. The van der Waals surface area contributed by atoms with Crippen LogP contribution in [0.1, 0.15) is 6.92 Å². The molecule has 0 aliphatic carbocycles. The Kier molecular flexibility index (Phi) is 3.30. The average molecular weight is 203 g/mol. The van der Waals surface area contributed by atoms with Crippen LogP contribution in [0, 0.1) is 0 Å². The number of hydrogen-bond acceptors (Lipinski definition) is 5. The molecule has 0 spiro atoms. The third-order valence-corrected chi connectivity index (χ3v) is 2.41. The maximum absolute atomic E-state index is 11.1. The highest BCUT2D eigenvalue weighted by Gasteiger charge is 2.34. The van der Waals surface area contributed by atoms with Crippen molar-refractivity contribution in [1.82, 2.24) is 0 Å². The van der Waals surface area contributed by atoms with Gasteiger partial charge in [-0.15, -0.1) is 4.67 Å². The van der Waals surface area contributed by atoms with Crippen molar-refractivity contribution in [3.8, 4) is 0 Å². The standard InChI is InChI=1S/C4H8ClO5P/c1-4-2-7-11(6,8-3-5)10-9-4/h4H,2-3H2,1H3. The van der Waals surface area contributed by atoms with E-state index >= 15 is 0 Å². The highest BCUT2D eigenvalue weighted by Crippen LogP contribution is 2.52. The Labute approximate surface area is 69.1 Å². The van der Waals surface area contributed by atoms with Crippen LogP contribution in [0.15, 0.2) is 0 Å². The van der Waals surface area contributed by atoms with E-state index in [1.165, 1.54) is 0 Å². The lowest BCUT2D eigenvalue weighted by atomic mass is 10.5. The summed E-state index contributed by atoms with van der Waals surface area (Å²) < 4.78 is 24.6. The van der Waals surface area contributed by atoms with E-state index in [2.05, 4.69) is 14.1 Å². The number of rotatable bonds is 2. The van der Waals surface area contributed by atoms with Crippen molar-refractivity contribution in [2.24, 2.45) is 0 Å². The second-order valence-corrected chi connectivity index (χ2v) is 3.74. The number of hydrogen-bond donors (Lipinski definition) is 0. The van der Waals surface area contributed by atoms with Crippen LogP contribution in [0.4, 0.5) is 0 Å². The Bertz CT molecular complexity index is 162. The molecule has 0 radical (unpaired) electrons. The maximum atomic E-state index is 11.1. The molecule has 5 nitrogen and oxygen atoms in total. The van der Waals surface area contributed by atoms with Gasteiger partial charge in [-0.3, -0.25) is 9.05 Å². The van der Waals surface area contributed by atoms with E-state index in [1.54, 1.807) is 6.92 Å². The lowest BCUT2D eigenvalue weighted by molar-refractivity contribution is -0.285. The molecule has 2 unspecified atom stereocenters. The number of phosphoric acid groups is 1. The molecule has 2 atom stereocenters. The lowest BCUT2D eigenvalue weighted by Gasteiger charge is -2.23. The van der Waals surface area contributed by atoms with E-state index in [0.717, 1.165) is 0 Å². The molecule has 0 bridgehead atoms. The van der Waals surface area contributed by atoms with Crippen molar-refractivity contribution in [3.63, 3.8) is 0 Å². The predicted molar refractivity (Wildman–Crippen MR) is 37.0 cm³/mol. The van der Waals surface area contributed by atoms with Gasteiger partial charge in [-0.1, -0.05) is 11.6 Å². The van der Waals surface area contributed by atoms with Crippen LogP contribution < -0.4 is 0 Å². The summed E-state index contributed by atoms with van der Waals surface area (Å²) in [6.45, 7) is 1.89. The molecular weight excluding hydrogens is 194 g/mol. The summed E-state index contributed by atoms with van der Waals surface area (Å²) in [5.74, 6) is 0. The molecular formula is C4H8ClO5P. The van der Waals surface area contributed by atoms with Gasteiger partial charge in [0.25, 0.3) is 0 Å². The Morgan fingerprint density at radius 1 is 1.82 bits per heavy atom. The zero-order valence-electron chi connectivity index (χ0n) is 5.86. The van der Waals surface area contributed by atoms with E-state index in [-0.39, 0.29) is 18.8 Å². The number of halogens is 1. The third kappa shape index (κ3) is 2.71. The molecule has 1 fully saturated rings. The largest absolute Gasteiger partial charge is 0.503 e. The fraction of sp³-hybridized carbons (Fsp3) is 1.00. The monoisotopic (exact) mass is 202 g/mol. The van der Waals surface area contributed by atoms with Gasteiger partial charge in [-0.05, 0) is 6.92 Å². The van der Waals surface area contributed by atoms with Gasteiger partial charge < -0.3 is 0 Å². The smallest absolute Gasteiger partial charge is 0.282 e. The van der Waals surface area contributed by atoms with E-state index < -0.39 is 7.82 Å². The van der Waals surface area contributed by atoms with Crippen LogP contribution in [-0.4, -0.2) is 18.8 Å². The van der Waals surface area contributed by atoms with Gasteiger partial charge in [0.15, 0.2) is 0 Å². The van der Waals surface area contributed by atoms with Gasteiger partial charge in [-0.25, -0.2) is 9.45 Å². The third-order valence-electron chi connectivity index (χ3n) is 0.973. The van der Waals surface area contributed by atoms with Crippen molar-refractivity contribution in [3.05, 3.63) is 0 Å². The van der Waals surface area contributed by atoms with E-state index in [1.807, 2.05) is 0 Å². The molecule has 66 valence electrons. The summed E-state index contributed by atoms with van der Waals surface area (Å²) >= 11 is 5.15. The molecule has 1 saturated heterocycles. The fourth-order valence-corrected chi connectivity index (χ4v) is 1.77. The van der Waals surface area contributed by atoms with Crippen molar-refractivity contribution in [2.75, 3.05) is 12.7 Å². The summed E-state index contributed by atoms with van der Waals surface area (Å²) in [7, 11) is -3.50. The number of alkyl halides is 1. The molecule has 0 aromatic rings. The SMILES string of the molecule is CC1COP(=O)(OCCl)OO1. The summed E-state index contributed by atoms with van der Waals surface area (Å²) in [4.78, 5) is 4.57. The minimum absolute atomic E-state index is 0.175. The predicted octanol–water partition coefficient (Wildman–Crippen LogP) is 1.67. The average Bonchev–Trinajstić information content (AvgIpc) is 1.97. The summed E-state index contributed by atoms with van der Waals surface area (Å²) in [5, 5.41) is 0. The highest BCUT2D eigenvalue weighted by atomic mass is 35.5. The molecule has 1 aliphatic rings. The summed E-state index contributed by atoms with van der Waals surface area (Å²) in [6.07, 6.45) is -0.240. The van der Waals surface area contributed by atoms with Crippen LogP contribution >= 0.6 is 19.4 Å². The second kappa shape index (κ2) is 3.85. The first-order chi connectivity index (χ1) is 5.16. The quantitative estimate of drug-likeness (QED) is 0.387. The van der Waals surface area contributed by atoms with Gasteiger partial charge >= 0.3 is 7.82 Å². The molecule has 0 saturated carbocycles. The molecule has 0 N–H and O–H groups in total. The molecule has 0 amide bonds. The Morgan fingerprint density at radius 2 is 2.55 bits per heavy atom. The van der Waals surface area contributed by atoms with Crippen molar-refractivity contribution >= 4 is 19.4 Å². The van der Waals surface area contributed by atoms with Gasteiger partial charge in [-0.2, -0.15) is 0 Å². The van der Waals surface area contributed by atoms with Gasteiger partial charge in [0.2, 0.25) is 0 Å². The minimum Gasteiger partial charge on any atom is -0.282 e. The number of phosphoric ester groups is 1.